The van der Waals surface area contributed by atoms with E-state index in [1.807, 2.05) is 13.1 Å². The number of hydrogen-bond acceptors (Lipinski definition) is 3. The fourth-order valence-electron chi connectivity index (χ4n) is 1.46. The summed E-state index contributed by atoms with van der Waals surface area (Å²) in [5.41, 5.74) is 2.34. The van der Waals surface area contributed by atoms with Crippen LogP contribution >= 0.6 is 0 Å². The second kappa shape index (κ2) is 4.65. The third kappa shape index (κ3) is 2.41. The number of fused-ring (bicyclic) bond motifs is 1. The van der Waals surface area contributed by atoms with E-state index in [9.17, 15) is 4.79 Å². The summed E-state index contributed by atoms with van der Waals surface area (Å²) in [6.45, 7) is 3.95. The Bertz CT molecular complexity index is 560. The van der Waals surface area contributed by atoms with E-state index in [4.69, 9.17) is 0 Å². The highest BCUT2D eigenvalue weighted by Crippen LogP contribution is 2.15. The molecule has 0 atom stereocenters. The van der Waals surface area contributed by atoms with Crippen LogP contribution in [0.25, 0.3) is 11.0 Å². The normalized spacial score (nSPS) is 10.2. The number of amides is 2. The zero-order valence-corrected chi connectivity index (χ0v) is 9.47. The molecule has 0 saturated carbocycles. The Labute approximate surface area is 98.3 Å². The van der Waals surface area contributed by atoms with E-state index in [0.29, 0.717) is 12.2 Å². The summed E-state index contributed by atoms with van der Waals surface area (Å²) >= 11 is 0. The molecular weight excluding hydrogens is 218 g/mol. The van der Waals surface area contributed by atoms with Gasteiger partial charge in [-0.15, -0.1) is 11.7 Å². The zero-order chi connectivity index (χ0) is 12.3. The van der Waals surface area contributed by atoms with Gasteiger partial charge in [0.25, 0.3) is 0 Å². The number of urea groups is 1. The van der Waals surface area contributed by atoms with Crippen molar-refractivity contribution >= 4 is 22.8 Å². The molecule has 0 radical (unpaired) electrons. The minimum absolute atomic E-state index is 0.270. The van der Waals surface area contributed by atoms with Gasteiger partial charge in [0.15, 0.2) is 0 Å². The van der Waals surface area contributed by atoms with Crippen LogP contribution in [0.4, 0.5) is 10.5 Å². The fraction of sp³-hybridized carbons (Fsp3) is 0.182. The molecule has 2 N–H and O–H groups in total. The number of benzene rings is 1. The molecular formula is C11H13N5O. The molecule has 6 nitrogen and oxygen atoms in total. The first-order valence-electron chi connectivity index (χ1n) is 5.16. The molecule has 0 unspecified atom stereocenters. The van der Waals surface area contributed by atoms with Crippen molar-refractivity contribution in [2.45, 2.75) is 0 Å². The predicted molar refractivity (Wildman–Crippen MR) is 65.7 cm³/mol. The third-order valence-corrected chi connectivity index (χ3v) is 2.28. The molecule has 17 heavy (non-hydrogen) atoms. The summed E-state index contributed by atoms with van der Waals surface area (Å²) in [7, 11) is 1.82. The van der Waals surface area contributed by atoms with Crippen molar-refractivity contribution in [1.82, 2.24) is 20.3 Å². The second-order valence-electron chi connectivity index (χ2n) is 3.54. The van der Waals surface area contributed by atoms with Gasteiger partial charge in [-0.1, -0.05) is 11.3 Å². The lowest BCUT2D eigenvalue weighted by molar-refractivity contribution is 0.253. The maximum atomic E-state index is 11.4. The maximum absolute atomic E-state index is 11.4. The molecule has 2 aromatic rings. The number of anilines is 1. The number of rotatable bonds is 3. The molecule has 1 heterocycles. The molecule has 88 valence electrons. The monoisotopic (exact) mass is 231 g/mol. The van der Waals surface area contributed by atoms with Gasteiger partial charge in [0, 0.05) is 19.3 Å². The second-order valence-corrected chi connectivity index (χ2v) is 3.54. The number of aromatic nitrogens is 3. The molecule has 0 fully saturated rings. The Balaban J connectivity index is 2.14. The number of aryl methyl sites for hydroxylation is 1. The Hall–Kier alpha value is -2.37. The Kier molecular flexibility index (Phi) is 3.04. The lowest BCUT2D eigenvalue weighted by atomic mass is 10.3. The zero-order valence-electron chi connectivity index (χ0n) is 9.47. The summed E-state index contributed by atoms with van der Waals surface area (Å²) < 4.78 is 1.68. The molecule has 0 aliphatic heterocycles. The smallest absolute Gasteiger partial charge is 0.319 e. The van der Waals surface area contributed by atoms with Crippen LogP contribution in [0, 0.1) is 0 Å². The van der Waals surface area contributed by atoms with Crippen molar-refractivity contribution in [2.24, 2.45) is 7.05 Å². The van der Waals surface area contributed by atoms with Crippen molar-refractivity contribution in [3.05, 3.63) is 30.9 Å². The van der Waals surface area contributed by atoms with Crippen molar-refractivity contribution in [3.63, 3.8) is 0 Å². The molecule has 6 heteroatoms. The standard InChI is InChI=1S/C11H13N5O/c1-3-6-12-11(17)13-8-4-5-10-9(7-8)14-15-16(10)2/h3-5,7H,1,6H2,2H3,(H2,12,13,17). The van der Waals surface area contributed by atoms with E-state index in [-0.39, 0.29) is 6.03 Å². The van der Waals surface area contributed by atoms with Gasteiger partial charge < -0.3 is 10.6 Å². The van der Waals surface area contributed by atoms with Crippen LogP contribution in [0.3, 0.4) is 0 Å². The molecule has 0 aliphatic carbocycles. The Morgan fingerprint density at radius 3 is 3.18 bits per heavy atom. The van der Waals surface area contributed by atoms with Crippen LogP contribution in [0.5, 0.6) is 0 Å². The van der Waals surface area contributed by atoms with E-state index in [1.54, 1.807) is 22.9 Å². The fourth-order valence-corrected chi connectivity index (χ4v) is 1.46. The molecule has 0 bridgehead atoms. The Morgan fingerprint density at radius 1 is 1.59 bits per heavy atom. The minimum atomic E-state index is -0.270. The SMILES string of the molecule is C=CCNC(=O)Nc1ccc2c(c1)nnn2C. The van der Waals surface area contributed by atoms with Crippen molar-refractivity contribution in [1.29, 1.82) is 0 Å². The van der Waals surface area contributed by atoms with Crippen LogP contribution in [-0.4, -0.2) is 27.6 Å². The van der Waals surface area contributed by atoms with Crippen LogP contribution < -0.4 is 10.6 Å². The summed E-state index contributed by atoms with van der Waals surface area (Å²) in [5.74, 6) is 0. The van der Waals surface area contributed by atoms with E-state index in [1.165, 1.54) is 0 Å². The van der Waals surface area contributed by atoms with Gasteiger partial charge >= 0.3 is 6.03 Å². The highest BCUT2D eigenvalue weighted by Gasteiger charge is 2.04. The van der Waals surface area contributed by atoms with Gasteiger partial charge in [-0.05, 0) is 18.2 Å². The van der Waals surface area contributed by atoms with Crippen molar-refractivity contribution in [2.75, 3.05) is 11.9 Å². The molecule has 1 aromatic heterocycles. The molecule has 2 rings (SSSR count). The summed E-state index contributed by atoms with van der Waals surface area (Å²) in [5, 5.41) is 13.2. The third-order valence-electron chi connectivity index (χ3n) is 2.28. The van der Waals surface area contributed by atoms with Crippen molar-refractivity contribution in [3.8, 4) is 0 Å². The molecule has 1 aromatic carbocycles. The molecule has 0 aliphatic rings. The number of carbonyl (C=O) groups excluding carboxylic acids is 1. The van der Waals surface area contributed by atoms with E-state index in [0.717, 1.165) is 11.0 Å². The van der Waals surface area contributed by atoms with Crippen LogP contribution in [0.2, 0.25) is 0 Å². The van der Waals surface area contributed by atoms with Gasteiger partial charge in [-0.3, -0.25) is 0 Å². The maximum Gasteiger partial charge on any atom is 0.319 e. The number of nitrogens with zero attached hydrogens (tertiary/aromatic N) is 3. The average molecular weight is 231 g/mol. The molecule has 0 spiro atoms. The Morgan fingerprint density at radius 2 is 2.41 bits per heavy atom. The topological polar surface area (TPSA) is 71.8 Å². The first-order valence-corrected chi connectivity index (χ1v) is 5.16. The number of carbonyl (C=O) groups is 1. The summed E-state index contributed by atoms with van der Waals surface area (Å²) in [4.78, 5) is 11.4. The van der Waals surface area contributed by atoms with Crippen LogP contribution in [-0.2, 0) is 7.05 Å². The summed E-state index contributed by atoms with van der Waals surface area (Å²) in [6, 6.07) is 5.17. The van der Waals surface area contributed by atoms with E-state index < -0.39 is 0 Å². The molecule has 0 saturated heterocycles. The predicted octanol–water partition coefficient (Wildman–Crippen LogP) is 1.28. The van der Waals surface area contributed by atoms with Gasteiger partial charge in [-0.2, -0.15) is 0 Å². The quantitative estimate of drug-likeness (QED) is 0.781. The molecule has 2 amide bonds. The van der Waals surface area contributed by atoms with E-state index in [2.05, 4.69) is 27.5 Å². The van der Waals surface area contributed by atoms with Gasteiger partial charge in [0.1, 0.15) is 5.52 Å². The number of nitrogens with one attached hydrogen (secondary N) is 2. The van der Waals surface area contributed by atoms with Crippen LogP contribution in [0.15, 0.2) is 30.9 Å². The van der Waals surface area contributed by atoms with Gasteiger partial charge in [0.2, 0.25) is 0 Å². The van der Waals surface area contributed by atoms with Crippen LogP contribution in [0.1, 0.15) is 0 Å². The first-order chi connectivity index (χ1) is 8.20. The lowest BCUT2D eigenvalue weighted by Crippen LogP contribution is -2.28. The van der Waals surface area contributed by atoms with Crippen molar-refractivity contribution < 1.29 is 4.79 Å². The minimum Gasteiger partial charge on any atom is -0.334 e. The largest absolute Gasteiger partial charge is 0.334 e. The average Bonchev–Trinajstić information content (AvgIpc) is 2.68. The number of hydrogen-bond donors (Lipinski definition) is 2. The first kappa shape index (κ1) is 11.1. The summed E-state index contributed by atoms with van der Waals surface area (Å²) in [6.07, 6.45) is 1.62. The van der Waals surface area contributed by atoms with Gasteiger partial charge in [-0.25, -0.2) is 9.48 Å². The van der Waals surface area contributed by atoms with Gasteiger partial charge in [0.05, 0.1) is 5.52 Å². The highest BCUT2D eigenvalue weighted by atomic mass is 16.2. The lowest BCUT2D eigenvalue weighted by Gasteiger charge is -2.05. The van der Waals surface area contributed by atoms with E-state index >= 15 is 0 Å². The highest BCUT2D eigenvalue weighted by molar-refractivity contribution is 5.91.